The maximum absolute atomic E-state index is 10.8. The summed E-state index contributed by atoms with van der Waals surface area (Å²) in [5.41, 5.74) is 7.59. The molecule has 0 aliphatic carbocycles. The van der Waals surface area contributed by atoms with Crippen LogP contribution in [0.2, 0.25) is 0 Å². The van der Waals surface area contributed by atoms with Crippen LogP contribution >= 0.6 is 15.9 Å². The summed E-state index contributed by atoms with van der Waals surface area (Å²) >= 11 is 3.39. The molecule has 0 aliphatic rings. The van der Waals surface area contributed by atoms with E-state index in [1.165, 1.54) is 12.1 Å². The van der Waals surface area contributed by atoms with E-state index in [-0.39, 0.29) is 18.3 Å². The van der Waals surface area contributed by atoms with E-state index in [4.69, 9.17) is 10.5 Å². The predicted octanol–water partition coefficient (Wildman–Crippen LogP) is 3.96. The highest BCUT2D eigenvalue weighted by atomic mass is 79.9. The Morgan fingerprint density at radius 2 is 2.10 bits per heavy atom. The fourth-order valence-electron chi connectivity index (χ4n) is 1.93. The largest absolute Gasteiger partial charge is 0.489 e. The van der Waals surface area contributed by atoms with Gasteiger partial charge >= 0.3 is 0 Å². The number of halogens is 1. The zero-order valence-electron chi connectivity index (χ0n) is 11.5. The molecule has 0 fully saturated rings. The van der Waals surface area contributed by atoms with Crippen LogP contribution in [-0.2, 0) is 6.61 Å². The van der Waals surface area contributed by atoms with Crippen LogP contribution < -0.4 is 10.5 Å². The van der Waals surface area contributed by atoms with Crippen molar-refractivity contribution in [2.24, 2.45) is 5.73 Å². The number of nitro benzene ring substituents is 1. The van der Waals surface area contributed by atoms with Crippen molar-refractivity contribution < 1.29 is 9.66 Å². The Morgan fingerprint density at radius 1 is 1.33 bits per heavy atom. The van der Waals surface area contributed by atoms with Crippen LogP contribution in [0, 0.1) is 10.1 Å². The smallest absolute Gasteiger partial charge is 0.269 e. The van der Waals surface area contributed by atoms with Crippen molar-refractivity contribution in [3.63, 3.8) is 0 Å². The number of non-ortho nitro benzene ring substituents is 1. The summed E-state index contributed by atoms with van der Waals surface area (Å²) in [4.78, 5) is 10.3. The van der Waals surface area contributed by atoms with Gasteiger partial charge in [-0.15, -0.1) is 0 Å². The van der Waals surface area contributed by atoms with Gasteiger partial charge in [-0.1, -0.05) is 34.1 Å². The highest BCUT2D eigenvalue weighted by molar-refractivity contribution is 9.10. The molecule has 0 unspecified atom stereocenters. The summed E-state index contributed by atoms with van der Waals surface area (Å²) in [5.74, 6) is 0.672. The Bertz CT molecular complexity index is 659. The molecule has 6 heteroatoms. The molecule has 0 aromatic heterocycles. The molecule has 0 heterocycles. The van der Waals surface area contributed by atoms with Gasteiger partial charge in [0.2, 0.25) is 0 Å². The van der Waals surface area contributed by atoms with Crippen LogP contribution in [0.5, 0.6) is 5.75 Å². The quantitative estimate of drug-likeness (QED) is 0.653. The minimum absolute atomic E-state index is 0.0535. The first-order valence-corrected chi connectivity index (χ1v) is 7.18. The van der Waals surface area contributed by atoms with Crippen molar-refractivity contribution in [1.29, 1.82) is 0 Å². The average molecular weight is 351 g/mol. The van der Waals surface area contributed by atoms with E-state index >= 15 is 0 Å². The van der Waals surface area contributed by atoms with Gasteiger partial charge in [0.1, 0.15) is 12.4 Å². The SMILES string of the molecule is C[C@H](N)c1ccc(Br)cc1OCc1cccc([N+](=O)[O-])c1. The van der Waals surface area contributed by atoms with Crippen molar-refractivity contribution in [3.05, 3.63) is 68.2 Å². The third-order valence-corrected chi connectivity index (χ3v) is 3.48. The van der Waals surface area contributed by atoms with Gasteiger partial charge in [0, 0.05) is 28.2 Å². The van der Waals surface area contributed by atoms with Gasteiger partial charge < -0.3 is 10.5 Å². The van der Waals surface area contributed by atoms with Crippen molar-refractivity contribution in [3.8, 4) is 5.75 Å². The molecule has 2 aromatic carbocycles. The summed E-state index contributed by atoms with van der Waals surface area (Å²) in [6.07, 6.45) is 0. The summed E-state index contributed by atoms with van der Waals surface area (Å²) in [6, 6.07) is 11.9. The second-order valence-electron chi connectivity index (χ2n) is 4.69. The Morgan fingerprint density at radius 3 is 2.76 bits per heavy atom. The van der Waals surface area contributed by atoms with E-state index in [0.29, 0.717) is 5.75 Å². The molecule has 2 aromatic rings. The summed E-state index contributed by atoms with van der Waals surface area (Å²) in [6.45, 7) is 2.13. The maximum atomic E-state index is 10.8. The number of nitro groups is 1. The lowest BCUT2D eigenvalue weighted by molar-refractivity contribution is -0.384. The van der Waals surface area contributed by atoms with Gasteiger partial charge in [-0.3, -0.25) is 10.1 Å². The lowest BCUT2D eigenvalue weighted by atomic mass is 10.1. The van der Waals surface area contributed by atoms with Crippen molar-refractivity contribution in [2.75, 3.05) is 0 Å². The van der Waals surface area contributed by atoms with Crippen molar-refractivity contribution >= 4 is 21.6 Å². The van der Waals surface area contributed by atoms with Gasteiger partial charge in [0.25, 0.3) is 5.69 Å². The van der Waals surface area contributed by atoms with E-state index in [2.05, 4.69) is 15.9 Å². The molecule has 21 heavy (non-hydrogen) atoms. The van der Waals surface area contributed by atoms with Crippen LogP contribution in [0.3, 0.4) is 0 Å². The fourth-order valence-corrected chi connectivity index (χ4v) is 2.27. The number of nitrogens with zero attached hydrogens (tertiary/aromatic N) is 1. The zero-order chi connectivity index (χ0) is 15.4. The topological polar surface area (TPSA) is 78.4 Å². The second kappa shape index (κ2) is 6.69. The number of ether oxygens (including phenoxy) is 1. The number of benzene rings is 2. The van der Waals surface area contributed by atoms with Gasteiger partial charge in [0.05, 0.1) is 4.92 Å². The Hall–Kier alpha value is -1.92. The van der Waals surface area contributed by atoms with Crippen LogP contribution in [0.15, 0.2) is 46.9 Å². The minimum Gasteiger partial charge on any atom is -0.489 e. The van der Waals surface area contributed by atoms with Crippen LogP contribution in [0.25, 0.3) is 0 Å². The number of rotatable bonds is 5. The first kappa shape index (κ1) is 15.5. The average Bonchev–Trinajstić information content (AvgIpc) is 2.45. The molecular formula is C15H15BrN2O3. The van der Waals surface area contributed by atoms with Gasteiger partial charge in [0.15, 0.2) is 0 Å². The lowest BCUT2D eigenvalue weighted by Crippen LogP contribution is -2.08. The third-order valence-electron chi connectivity index (χ3n) is 2.98. The molecule has 0 bridgehead atoms. The van der Waals surface area contributed by atoms with E-state index in [9.17, 15) is 10.1 Å². The molecule has 0 spiro atoms. The van der Waals surface area contributed by atoms with Crippen molar-refractivity contribution in [1.82, 2.24) is 0 Å². The van der Waals surface area contributed by atoms with Gasteiger partial charge in [-0.05, 0) is 24.6 Å². The number of hydrogen-bond donors (Lipinski definition) is 1. The molecule has 0 radical (unpaired) electrons. The molecule has 0 aliphatic heterocycles. The van der Waals surface area contributed by atoms with E-state index in [1.807, 2.05) is 25.1 Å². The first-order valence-electron chi connectivity index (χ1n) is 6.38. The Balaban J connectivity index is 2.18. The molecule has 0 saturated heterocycles. The standard InChI is InChI=1S/C15H15BrN2O3/c1-10(17)14-6-5-12(16)8-15(14)21-9-11-3-2-4-13(7-11)18(19)20/h2-8,10H,9,17H2,1H3/t10-/m0/s1. The summed E-state index contributed by atoms with van der Waals surface area (Å²) in [5, 5.41) is 10.8. The Labute approximate surface area is 131 Å². The maximum Gasteiger partial charge on any atom is 0.269 e. The van der Waals surface area contributed by atoms with Crippen LogP contribution in [0.1, 0.15) is 24.1 Å². The van der Waals surface area contributed by atoms with E-state index < -0.39 is 4.92 Å². The van der Waals surface area contributed by atoms with E-state index in [1.54, 1.807) is 12.1 Å². The number of hydrogen-bond acceptors (Lipinski definition) is 4. The monoisotopic (exact) mass is 350 g/mol. The van der Waals surface area contributed by atoms with Gasteiger partial charge in [-0.2, -0.15) is 0 Å². The highest BCUT2D eigenvalue weighted by Crippen LogP contribution is 2.28. The third kappa shape index (κ3) is 4.03. The molecular weight excluding hydrogens is 336 g/mol. The first-order chi connectivity index (χ1) is 9.97. The normalized spacial score (nSPS) is 12.0. The van der Waals surface area contributed by atoms with Crippen LogP contribution in [-0.4, -0.2) is 4.92 Å². The molecule has 1 atom stereocenters. The summed E-state index contributed by atoms with van der Waals surface area (Å²) < 4.78 is 6.66. The molecule has 0 amide bonds. The molecule has 5 nitrogen and oxygen atoms in total. The second-order valence-corrected chi connectivity index (χ2v) is 5.60. The van der Waals surface area contributed by atoms with Crippen LogP contribution in [0.4, 0.5) is 5.69 Å². The minimum atomic E-state index is -0.421. The van der Waals surface area contributed by atoms with Crippen molar-refractivity contribution in [2.45, 2.75) is 19.6 Å². The zero-order valence-corrected chi connectivity index (χ0v) is 13.0. The fraction of sp³-hybridized carbons (Fsp3) is 0.200. The number of nitrogens with two attached hydrogens (primary N) is 1. The highest BCUT2D eigenvalue weighted by Gasteiger charge is 2.10. The molecule has 2 rings (SSSR count). The van der Waals surface area contributed by atoms with E-state index in [0.717, 1.165) is 15.6 Å². The predicted molar refractivity (Wildman–Crippen MR) is 84.2 cm³/mol. The van der Waals surface area contributed by atoms with Gasteiger partial charge in [-0.25, -0.2) is 0 Å². The molecule has 110 valence electrons. The molecule has 0 saturated carbocycles. The Kier molecular flexibility index (Phi) is 4.93. The molecule has 2 N–H and O–H groups in total. The lowest BCUT2D eigenvalue weighted by Gasteiger charge is -2.14. The summed E-state index contributed by atoms with van der Waals surface area (Å²) in [7, 11) is 0.